The van der Waals surface area contributed by atoms with Crippen LogP contribution in [0.3, 0.4) is 0 Å². The van der Waals surface area contributed by atoms with Gasteiger partial charge in [0.15, 0.2) is 22.7 Å². The Hall–Kier alpha value is -3.48. The van der Waals surface area contributed by atoms with Gasteiger partial charge >= 0.3 is 19.1 Å². The maximum absolute atomic E-state index is 12.3. The zero-order chi connectivity index (χ0) is 37.8. The van der Waals surface area contributed by atoms with Crippen LogP contribution in [0.25, 0.3) is 22.1 Å². The van der Waals surface area contributed by atoms with Crippen LogP contribution in [0.15, 0.2) is 30.6 Å². The summed E-state index contributed by atoms with van der Waals surface area (Å²) in [5.41, 5.74) is 1.46. The van der Waals surface area contributed by atoms with Crippen LogP contribution in [-0.4, -0.2) is 103 Å². The highest BCUT2D eigenvalue weighted by atomic mass is 28.3. The first kappa shape index (κ1) is 42.9. The number of nitrogens with zero attached hydrogens (tertiary/aromatic N) is 6. The van der Waals surface area contributed by atoms with Gasteiger partial charge < -0.3 is 28.3 Å². The molecule has 1 fully saturated rings. The average Bonchev–Trinajstić information content (AvgIpc) is 3.68. The lowest BCUT2D eigenvalue weighted by atomic mass is 9.80. The minimum atomic E-state index is -1.19. The van der Waals surface area contributed by atoms with E-state index in [1.807, 2.05) is 33.8 Å². The Balaban J connectivity index is 0.000000292. The van der Waals surface area contributed by atoms with E-state index < -0.39 is 46.4 Å². The molecule has 0 aromatic carbocycles. The molecule has 4 aromatic heterocycles. The van der Waals surface area contributed by atoms with Crippen LogP contribution in [0.2, 0.25) is 51.4 Å². The summed E-state index contributed by atoms with van der Waals surface area (Å²) in [7, 11) is -0.196. The number of hydrogen-bond donors (Lipinski definition) is 0. The highest BCUT2D eigenvalue weighted by molar-refractivity contribution is 6.76. The highest BCUT2D eigenvalue weighted by Crippen LogP contribution is 2.36. The molecule has 0 N–H and O–H groups in total. The van der Waals surface area contributed by atoms with E-state index in [1.165, 1.54) is 14.2 Å². The molecular formula is C35H57BN6O8Si2. The first-order valence-corrected chi connectivity index (χ1v) is 24.5. The number of aromatic nitrogens is 6. The molecule has 0 saturated carbocycles. The highest BCUT2D eigenvalue weighted by Gasteiger charge is 2.52. The van der Waals surface area contributed by atoms with Gasteiger partial charge in [0.25, 0.3) is 0 Å². The Morgan fingerprint density at radius 2 is 1.23 bits per heavy atom. The predicted molar refractivity (Wildman–Crippen MR) is 208 cm³/mol. The second-order valence-electron chi connectivity index (χ2n) is 16.0. The lowest BCUT2D eigenvalue weighted by Gasteiger charge is -2.32. The van der Waals surface area contributed by atoms with Gasteiger partial charge in [-0.2, -0.15) is 10.2 Å². The maximum Gasteiger partial charge on any atom is 0.496 e. The zero-order valence-corrected chi connectivity index (χ0v) is 34.2. The number of carbonyl (C=O) groups excluding carboxylic acids is 2. The average molecular weight is 757 g/mol. The van der Waals surface area contributed by atoms with Crippen LogP contribution in [0.4, 0.5) is 0 Å². The van der Waals surface area contributed by atoms with Crippen LogP contribution in [-0.2, 0) is 41.7 Å². The third kappa shape index (κ3) is 10.6. The minimum Gasteiger partial charge on any atom is -0.464 e. The SMILES string of the molecule is C.COC(=O)c1nn(COCC[Si](C)(C)C)c2ncc(B3OC(C)(C)C(C)(C)O3)cc12.COC(=O)c1nn(COCC[Si](C)(C)C)c2ncccc12. The van der Waals surface area contributed by atoms with Crippen LogP contribution in [0.1, 0.15) is 56.1 Å². The second-order valence-corrected chi connectivity index (χ2v) is 27.2. The van der Waals surface area contributed by atoms with Crippen molar-refractivity contribution in [1.82, 2.24) is 29.5 Å². The normalized spacial score (nSPS) is 15.3. The molecule has 0 amide bonds. The lowest BCUT2D eigenvalue weighted by molar-refractivity contribution is 0.00578. The Bertz CT molecular complexity index is 1820. The summed E-state index contributed by atoms with van der Waals surface area (Å²) in [6, 6.07) is 7.55. The van der Waals surface area contributed by atoms with Crippen LogP contribution >= 0.6 is 0 Å². The molecule has 5 rings (SSSR count). The molecule has 5 heterocycles. The lowest BCUT2D eigenvalue weighted by Crippen LogP contribution is -2.41. The van der Waals surface area contributed by atoms with E-state index in [0.29, 0.717) is 35.3 Å². The van der Waals surface area contributed by atoms with Crippen molar-refractivity contribution in [3.8, 4) is 0 Å². The van der Waals surface area contributed by atoms with Crippen LogP contribution < -0.4 is 5.46 Å². The molecular weight excluding hydrogens is 699 g/mol. The summed E-state index contributed by atoms with van der Waals surface area (Å²) in [6.45, 7) is 23.6. The van der Waals surface area contributed by atoms with E-state index >= 15 is 0 Å². The number of fused-ring (bicyclic) bond motifs is 2. The van der Waals surface area contributed by atoms with Gasteiger partial charge in [0.1, 0.15) is 13.5 Å². The molecule has 0 aliphatic carbocycles. The Morgan fingerprint density at radius 1 is 0.769 bits per heavy atom. The van der Waals surface area contributed by atoms with Gasteiger partial charge in [-0.1, -0.05) is 46.7 Å². The van der Waals surface area contributed by atoms with Crippen LogP contribution in [0.5, 0.6) is 0 Å². The van der Waals surface area contributed by atoms with Gasteiger partial charge in [-0.05, 0) is 58.0 Å². The third-order valence-corrected chi connectivity index (χ3v) is 12.2. The summed E-state index contributed by atoms with van der Waals surface area (Å²) < 4.78 is 36.6. The first-order valence-electron chi connectivity index (χ1n) is 17.1. The van der Waals surface area contributed by atoms with Gasteiger partial charge in [0.05, 0.1) is 36.2 Å². The number of methoxy groups -OCH3 is 2. The first-order chi connectivity index (χ1) is 23.8. The third-order valence-electron chi connectivity index (χ3n) is 8.82. The molecule has 1 saturated heterocycles. The van der Waals surface area contributed by atoms with Crippen molar-refractivity contribution in [1.29, 1.82) is 0 Å². The molecule has 0 unspecified atom stereocenters. The van der Waals surface area contributed by atoms with Gasteiger partial charge in [-0.3, -0.25) is 0 Å². The Morgan fingerprint density at radius 3 is 1.69 bits per heavy atom. The fourth-order valence-corrected chi connectivity index (χ4v) is 6.44. The summed E-state index contributed by atoms with van der Waals surface area (Å²) >= 11 is 0. The molecule has 4 aromatic rings. The molecule has 0 bridgehead atoms. The van der Waals surface area contributed by atoms with E-state index in [4.69, 9.17) is 28.3 Å². The number of hydrogen-bond acceptors (Lipinski definition) is 12. The van der Waals surface area contributed by atoms with Crippen molar-refractivity contribution in [3.63, 3.8) is 0 Å². The largest absolute Gasteiger partial charge is 0.496 e. The quantitative estimate of drug-likeness (QED) is 0.0895. The van der Waals surface area contributed by atoms with Crippen molar-refractivity contribution < 1.29 is 37.8 Å². The number of carbonyl (C=O) groups is 2. The summed E-state index contributed by atoms with van der Waals surface area (Å²) in [4.78, 5) is 32.9. The van der Waals surface area contributed by atoms with Gasteiger partial charge in [0.2, 0.25) is 0 Å². The Kier molecular flexibility index (Phi) is 14.1. The van der Waals surface area contributed by atoms with E-state index in [0.717, 1.165) is 17.6 Å². The molecule has 0 radical (unpaired) electrons. The number of esters is 2. The van der Waals surface area contributed by atoms with Crippen molar-refractivity contribution >= 4 is 62.7 Å². The van der Waals surface area contributed by atoms with Crippen molar-refractivity contribution in [2.75, 3.05) is 27.4 Å². The van der Waals surface area contributed by atoms with Gasteiger partial charge in [-0.15, -0.1) is 0 Å². The van der Waals surface area contributed by atoms with Crippen molar-refractivity contribution in [2.24, 2.45) is 0 Å². The summed E-state index contributed by atoms with van der Waals surface area (Å²) in [6.07, 6.45) is 3.37. The van der Waals surface area contributed by atoms with Crippen LogP contribution in [0, 0.1) is 0 Å². The second kappa shape index (κ2) is 17.1. The van der Waals surface area contributed by atoms with E-state index in [1.54, 1.807) is 33.9 Å². The molecule has 52 heavy (non-hydrogen) atoms. The Labute approximate surface area is 310 Å². The molecule has 14 nitrogen and oxygen atoms in total. The molecule has 0 atom stereocenters. The molecule has 0 spiro atoms. The van der Waals surface area contributed by atoms with Crippen molar-refractivity contribution in [3.05, 3.63) is 42.0 Å². The topological polar surface area (TPSA) is 151 Å². The maximum atomic E-state index is 12.3. The van der Waals surface area contributed by atoms with Gasteiger partial charge in [0, 0.05) is 47.2 Å². The standard InChI is InChI=1S/C20H32BN3O5Si.C14H21N3O3Si.CH4/c1-19(2)20(3,4)29-21(28-19)14-11-15-16(18(25)26-5)23-24(17(15)22-12-14)13-27-9-10-30(6,7)8;1-19-14(18)12-11-6-5-7-15-13(11)17(16-12)10-20-8-9-21(2,3)4;/h11-12H,9-10,13H2,1-8H3;5-7H,8-10H2,1-4H3;1H4. The smallest absolute Gasteiger partial charge is 0.464 e. The predicted octanol–water partition coefficient (Wildman–Crippen LogP) is 6.00. The summed E-state index contributed by atoms with van der Waals surface area (Å²) in [5.74, 6) is -0.984. The van der Waals surface area contributed by atoms with Crippen molar-refractivity contribution in [2.45, 2.75) is 111 Å². The monoisotopic (exact) mass is 756 g/mol. The van der Waals surface area contributed by atoms with E-state index in [2.05, 4.69) is 59.4 Å². The van der Waals surface area contributed by atoms with E-state index in [9.17, 15) is 9.59 Å². The summed E-state index contributed by atoms with van der Waals surface area (Å²) in [5, 5.41) is 9.93. The van der Waals surface area contributed by atoms with Gasteiger partial charge in [-0.25, -0.2) is 28.9 Å². The molecule has 1 aliphatic rings. The molecule has 17 heteroatoms. The number of rotatable bonds is 13. The molecule has 286 valence electrons. The fourth-order valence-electron chi connectivity index (χ4n) is 4.93. The molecule has 1 aliphatic heterocycles. The number of ether oxygens (including phenoxy) is 4. The minimum absolute atomic E-state index is 0. The fraction of sp³-hybridized carbons (Fsp3) is 0.600. The number of pyridine rings is 2. The van der Waals surface area contributed by atoms with E-state index in [-0.39, 0.29) is 32.3 Å². The zero-order valence-electron chi connectivity index (χ0n) is 32.2.